The van der Waals surface area contributed by atoms with Crippen molar-refractivity contribution in [2.45, 2.75) is 62.2 Å². The lowest BCUT2D eigenvalue weighted by molar-refractivity contribution is 0.0945. The Morgan fingerprint density at radius 1 is 1.13 bits per heavy atom. The first kappa shape index (κ1) is 18.5. The first-order valence-electron chi connectivity index (χ1n) is 10.5. The SMILES string of the molecule is N#CC1(NC(=O)c2cnc(N[C@H]3C[C@H](n4c(=O)n(C5CC5)c5nccnc54)C3)s2)CC1. The summed E-state index contributed by atoms with van der Waals surface area (Å²) in [6.07, 6.45) is 9.78. The van der Waals surface area contributed by atoms with Gasteiger partial charge in [-0.05, 0) is 38.5 Å². The lowest BCUT2D eigenvalue weighted by atomic mass is 9.86. The van der Waals surface area contributed by atoms with Gasteiger partial charge in [-0.2, -0.15) is 5.26 Å². The number of nitriles is 1. The smallest absolute Gasteiger partial charge is 0.332 e. The maximum absolute atomic E-state index is 13.0. The second-order valence-corrected chi connectivity index (χ2v) is 9.63. The van der Waals surface area contributed by atoms with Crippen molar-refractivity contribution in [2.24, 2.45) is 0 Å². The third kappa shape index (κ3) is 3.09. The highest BCUT2D eigenvalue weighted by molar-refractivity contribution is 7.17. The summed E-state index contributed by atoms with van der Waals surface area (Å²) in [7, 11) is 0. The normalized spacial score (nSPS) is 23.7. The number of rotatable bonds is 6. The van der Waals surface area contributed by atoms with E-state index in [2.05, 4.69) is 31.7 Å². The minimum Gasteiger partial charge on any atom is -0.359 e. The molecule has 0 bridgehead atoms. The molecule has 0 unspecified atom stereocenters. The maximum Gasteiger partial charge on any atom is 0.332 e. The number of carbonyl (C=O) groups excluding carboxylic acids is 1. The number of nitrogens with zero attached hydrogens (tertiary/aromatic N) is 6. The fourth-order valence-electron chi connectivity index (χ4n) is 4.16. The topological polar surface area (TPSA) is 131 Å². The van der Waals surface area contributed by atoms with Crippen molar-refractivity contribution >= 4 is 33.7 Å². The van der Waals surface area contributed by atoms with Gasteiger partial charge in [-0.25, -0.2) is 19.7 Å². The molecule has 3 saturated carbocycles. The van der Waals surface area contributed by atoms with Crippen molar-refractivity contribution in [1.82, 2.24) is 29.4 Å². The third-order valence-corrected chi connectivity index (χ3v) is 7.22. The van der Waals surface area contributed by atoms with Gasteiger partial charge >= 0.3 is 5.69 Å². The van der Waals surface area contributed by atoms with Crippen LogP contribution in [0.25, 0.3) is 11.3 Å². The van der Waals surface area contributed by atoms with Crippen LogP contribution in [0, 0.1) is 11.3 Å². The van der Waals surface area contributed by atoms with Crippen LogP contribution < -0.4 is 16.3 Å². The van der Waals surface area contributed by atoms with E-state index in [4.69, 9.17) is 5.26 Å². The molecule has 10 nitrogen and oxygen atoms in total. The van der Waals surface area contributed by atoms with Gasteiger partial charge in [0.1, 0.15) is 10.4 Å². The number of amides is 1. The zero-order chi connectivity index (χ0) is 21.2. The summed E-state index contributed by atoms with van der Waals surface area (Å²) < 4.78 is 3.58. The largest absolute Gasteiger partial charge is 0.359 e. The molecule has 11 heteroatoms. The van der Waals surface area contributed by atoms with Crippen LogP contribution in [0.3, 0.4) is 0 Å². The standard InChI is InChI=1S/C20H20N8O2S/c21-10-20(3-4-20)26-17(29)14-9-24-18(31-14)25-11-7-13(8-11)28-16-15(22-5-6-23-16)27(19(28)30)12-1-2-12/h5-6,9,11-13H,1-4,7-8H2,(H,24,25)(H,26,29)/t11-,13-. The first-order chi connectivity index (χ1) is 15.1. The van der Waals surface area contributed by atoms with Crippen molar-refractivity contribution in [1.29, 1.82) is 5.26 Å². The number of hydrogen-bond acceptors (Lipinski definition) is 8. The van der Waals surface area contributed by atoms with Crippen LogP contribution in [-0.2, 0) is 0 Å². The van der Waals surface area contributed by atoms with Crippen LogP contribution in [0.2, 0.25) is 0 Å². The molecule has 3 aliphatic rings. The van der Waals surface area contributed by atoms with Crippen molar-refractivity contribution in [2.75, 3.05) is 5.32 Å². The molecular weight excluding hydrogens is 416 g/mol. The molecule has 3 aliphatic carbocycles. The van der Waals surface area contributed by atoms with Gasteiger partial charge in [0.25, 0.3) is 5.91 Å². The molecule has 2 N–H and O–H groups in total. The van der Waals surface area contributed by atoms with Gasteiger partial charge in [0.15, 0.2) is 16.4 Å². The molecule has 6 rings (SSSR count). The highest BCUT2D eigenvalue weighted by Crippen LogP contribution is 2.39. The second-order valence-electron chi connectivity index (χ2n) is 8.60. The van der Waals surface area contributed by atoms with E-state index < -0.39 is 5.54 Å². The van der Waals surface area contributed by atoms with Gasteiger partial charge < -0.3 is 10.6 Å². The number of aromatic nitrogens is 5. The van der Waals surface area contributed by atoms with Crippen LogP contribution in [0.15, 0.2) is 23.4 Å². The molecular formula is C20H20N8O2S. The Labute approximate surface area is 180 Å². The monoisotopic (exact) mass is 436 g/mol. The van der Waals surface area contributed by atoms with Crippen molar-refractivity contribution in [3.05, 3.63) is 34.0 Å². The van der Waals surface area contributed by atoms with Crippen LogP contribution in [0.4, 0.5) is 5.13 Å². The van der Waals surface area contributed by atoms with Gasteiger partial charge in [-0.1, -0.05) is 11.3 Å². The molecule has 3 heterocycles. The Morgan fingerprint density at radius 3 is 2.42 bits per heavy atom. The minimum absolute atomic E-state index is 0.0214. The molecule has 0 aromatic carbocycles. The summed E-state index contributed by atoms with van der Waals surface area (Å²) in [6, 6.07) is 2.64. The van der Waals surface area contributed by atoms with E-state index in [1.54, 1.807) is 21.5 Å². The Hall–Kier alpha value is -3.26. The molecule has 158 valence electrons. The van der Waals surface area contributed by atoms with Gasteiger partial charge in [0.05, 0.1) is 12.3 Å². The van der Waals surface area contributed by atoms with E-state index in [-0.39, 0.29) is 29.7 Å². The summed E-state index contributed by atoms with van der Waals surface area (Å²) in [5.74, 6) is -0.255. The zero-order valence-electron chi connectivity index (χ0n) is 16.6. The molecule has 1 amide bonds. The highest BCUT2D eigenvalue weighted by Gasteiger charge is 2.45. The van der Waals surface area contributed by atoms with E-state index in [0.717, 1.165) is 25.7 Å². The molecule has 0 aliphatic heterocycles. The number of anilines is 1. The third-order valence-electron chi connectivity index (χ3n) is 6.29. The molecule has 3 fully saturated rings. The number of nitrogens with one attached hydrogen (secondary N) is 2. The van der Waals surface area contributed by atoms with Crippen LogP contribution in [0.5, 0.6) is 0 Å². The summed E-state index contributed by atoms with van der Waals surface area (Å²) in [5, 5.41) is 15.9. The van der Waals surface area contributed by atoms with Crippen LogP contribution in [-0.4, -0.2) is 41.6 Å². The average molecular weight is 437 g/mol. The summed E-state index contributed by atoms with van der Waals surface area (Å²) in [4.78, 5) is 39.0. The number of hydrogen-bond donors (Lipinski definition) is 2. The van der Waals surface area contributed by atoms with Gasteiger partial charge in [-0.3, -0.25) is 13.9 Å². The Morgan fingerprint density at radius 2 is 1.81 bits per heavy atom. The Balaban J connectivity index is 1.14. The number of carbonyl (C=O) groups is 1. The molecule has 0 spiro atoms. The van der Waals surface area contributed by atoms with Gasteiger partial charge in [-0.15, -0.1) is 0 Å². The molecule has 0 radical (unpaired) electrons. The van der Waals surface area contributed by atoms with E-state index >= 15 is 0 Å². The number of fused-ring (bicyclic) bond motifs is 1. The van der Waals surface area contributed by atoms with E-state index in [1.807, 2.05) is 0 Å². The molecule has 3 aromatic rings. The van der Waals surface area contributed by atoms with E-state index in [1.165, 1.54) is 17.5 Å². The molecule has 0 atom stereocenters. The van der Waals surface area contributed by atoms with E-state index in [0.29, 0.717) is 34.1 Å². The number of thiazole rings is 1. The Kier molecular flexibility index (Phi) is 3.95. The molecule has 3 aromatic heterocycles. The first-order valence-corrected chi connectivity index (χ1v) is 11.3. The minimum atomic E-state index is -0.689. The lowest BCUT2D eigenvalue weighted by Gasteiger charge is -2.36. The van der Waals surface area contributed by atoms with Crippen LogP contribution >= 0.6 is 11.3 Å². The fraction of sp³-hybridized carbons (Fsp3) is 0.500. The van der Waals surface area contributed by atoms with Crippen molar-refractivity contribution in [3.8, 4) is 6.07 Å². The quantitative estimate of drug-likeness (QED) is 0.604. The molecule has 0 saturated heterocycles. The number of imidazole rings is 1. The predicted molar refractivity (Wildman–Crippen MR) is 113 cm³/mol. The van der Waals surface area contributed by atoms with E-state index in [9.17, 15) is 9.59 Å². The molecule has 31 heavy (non-hydrogen) atoms. The summed E-state index contributed by atoms with van der Waals surface area (Å²) in [5.41, 5.74) is 0.619. The van der Waals surface area contributed by atoms with Gasteiger partial charge in [0, 0.05) is 30.5 Å². The van der Waals surface area contributed by atoms with Gasteiger partial charge in [0.2, 0.25) is 0 Å². The van der Waals surface area contributed by atoms with Crippen LogP contribution in [0.1, 0.15) is 60.3 Å². The maximum atomic E-state index is 13.0. The highest BCUT2D eigenvalue weighted by atomic mass is 32.1. The lowest BCUT2D eigenvalue weighted by Crippen LogP contribution is -2.41. The summed E-state index contributed by atoms with van der Waals surface area (Å²) >= 11 is 1.28. The van der Waals surface area contributed by atoms with Crippen molar-refractivity contribution < 1.29 is 4.79 Å². The Bertz CT molecular complexity index is 1290. The van der Waals surface area contributed by atoms with Crippen molar-refractivity contribution in [3.63, 3.8) is 0 Å². The zero-order valence-corrected chi connectivity index (χ0v) is 17.4. The second kappa shape index (κ2) is 6.62. The fourth-order valence-corrected chi connectivity index (χ4v) is 4.95. The average Bonchev–Trinajstić information content (AvgIpc) is 3.65. The predicted octanol–water partition coefficient (Wildman–Crippen LogP) is 1.99. The summed E-state index contributed by atoms with van der Waals surface area (Å²) in [6.45, 7) is 0.